The largest absolute Gasteiger partial charge is 0.449 e. The van der Waals surface area contributed by atoms with Crippen LogP contribution in [0.25, 0.3) is 0 Å². The Morgan fingerprint density at radius 2 is 1.71 bits per heavy atom. The zero-order chi connectivity index (χ0) is 17.7. The van der Waals surface area contributed by atoms with Gasteiger partial charge < -0.3 is 15.8 Å². The number of primary amides is 1. The van der Waals surface area contributed by atoms with Gasteiger partial charge in [0.1, 0.15) is 5.82 Å². The SMILES string of the molecule is C[C@@H](OC(=O)c1ccccc1F)C(=O)Nc1ccc(C(N)=O)cc1. The second-order valence-electron chi connectivity index (χ2n) is 4.96. The van der Waals surface area contributed by atoms with Crippen molar-refractivity contribution >= 4 is 23.5 Å². The minimum Gasteiger partial charge on any atom is -0.449 e. The predicted molar refractivity (Wildman–Crippen MR) is 84.9 cm³/mol. The third kappa shape index (κ3) is 4.16. The summed E-state index contributed by atoms with van der Waals surface area (Å²) in [5.74, 6) is -2.83. The third-order valence-electron chi connectivity index (χ3n) is 3.18. The van der Waals surface area contributed by atoms with Crippen molar-refractivity contribution < 1.29 is 23.5 Å². The van der Waals surface area contributed by atoms with Gasteiger partial charge in [-0.25, -0.2) is 9.18 Å². The number of anilines is 1. The van der Waals surface area contributed by atoms with Crippen molar-refractivity contribution in [2.24, 2.45) is 5.73 Å². The van der Waals surface area contributed by atoms with Crippen LogP contribution >= 0.6 is 0 Å². The van der Waals surface area contributed by atoms with E-state index < -0.39 is 29.7 Å². The molecule has 124 valence electrons. The van der Waals surface area contributed by atoms with Gasteiger partial charge in [0.15, 0.2) is 6.10 Å². The van der Waals surface area contributed by atoms with Crippen LogP contribution < -0.4 is 11.1 Å². The maximum atomic E-state index is 13.5. The Bertz CT molecular complexity index is 774. The number of ether oxygens (including phenoxy) is 1. The Kier molecular flexibility index (Phi) is 5.26. The van der Waals surface area contributed by atoms with Gasteiger partial charge in [0.05, 0.1) is 5.56 Å². The van der Waals surface area contributed by atoms with Crippen molar-refractivity contribution in [2.45, 2.75) is 13.0 Å². The van der Waals surface area contributed by atoms with E-state index in [1.165, 1.54) is 49.4 Å². The first kappa shape index (κ1) is 17.1. The highest BCUT2D eigenvalue weighted by Gasteiger charge is 2.21. The molecule has 2 amide bonds. The number of carbonyl (C=O) groups excluding carboxylic acids is 3. The topological polar surface area (TPSA) is 98.5 Å². The van der Waals surface area contributed by atoms with Crippen molar-refractivity contribution in [2.75, 3.05) is 5.32 Å². The van der Waals surface area contributed by atoms with E-state index in [1.54, 1.807) is 0 Å². The number of nitrogens with two attached hydrogens (primary N) is 1. The lowest BCUT2D eigenvalue weighted by Crippen LogP contribution is -2.30. The molecule has 0 saturated heterocycles. The fraction of sp³-hybridized carbons (Fsp3) is 0.118. The number of amides is 2. The highest BCUT2D eigenvalue weighted by Crippen LogP contribution is 2.12. The number of halogens is 1. The van der Waals surface area contributed by atoms with E-state index in [0.717, 1.165) is 6.07 Å². The summed E-state index contributed by atoms with van der Waals surface area (Å²) in [4.78, 5) is 34.8. The lowest BCUT2D eigenvalue weighted by Gasteiger charge is -2.14. The third-order valence-corrected chi connectivity index (χ3v) is 3.18. The minimum absolute atomic E-state index is 0.247. The molecular weight excluding hydrogens is 315 g/mol. The molecule has 2 aromatic carbocycles. The molecule has 0 saturated carbocycles. The zero-order valence-electron chi connectivity index (χ0n) is 12.8. The quantitative estimate of drug-likeness (QED) is 0.820. The van der Waals surface area contributed by atoms with E-state index in [2.05, 4.69) is 5.32 Å². The van der Waals surface area contributed by atoms with E-state index >= 15 is 0 Å². The number of hydrogen-bond acceptors (Lipinski definition) is 4. The van der Waals surface area contributed by atoms with Crippen LogP contribution in [0.15, 0.2) is 48.5 Å². The van der Waals surface area contributed by atoms with Crippen molar-refractivity contribution in [3.8, 4) is 0 Å². The van der Waals surface area contributed by atoms with Crippen LogP contribution in [-0.4, -0.2) is 23.9 Å². The van der Waals surface area contributed by atoms with Gasteiger partial charge in [0.25, 0.3) is 5.91 Å². The summed E-state index contributed by atoms with van der Waals surface area (Å²) in [5, 5.41) is 2.52. The van der Waals surface area contributed by atoms with Crippen molar-refractivity contribution in [3.63, 3.8) is 0 Å². The smallest absolute Gasteiger partial charge is 0.341 e. The van der Waals surface area contributed by atoms with Crippen LogP contribution in [0.2, 0.25) is 0 Å². The fourth-order valence-electron chi connectivity index (χ4n) is 1.87. The number of nitrogens with one attached hydrogen (secondary N) is 1. The summed E-state index contributed by atoms with van der Waals surface area (Å²) in [7, 11) is 0. The molecule has 2 aromatic rings. The van der Waals surface area contributed by atoms with Gasteiger partial charge >= 0.3 is 5.97 Å². The number of benzene rings is 2. The molecule has 0 aliphatic carbocycles. The van der Waals surface area contributed by atoms with E-state index in [4.69, 9.17) is 10.5 Å². The molecule has 2 rings (SSSR count). The average Bonchev–Trinajstić information content (AvgIpc) is 2.55. The molecular formula is C17H15FN2O4. The second kappa shape index (κ2) is 7.36. The maximum absolute atomic E-state index is 13.5. The van der Waals surface area contributed by atoms with Crippen LogP contribution in [-0.2, 0) is 9.53 Å². The molecule has 3 N–H and O–H groups in total. The van der Waals surface area contributed by atoms with Gasteiger partial charge in [-0.05, 0) is 43.3 Å². The van der Waals surface area contributed by atoms with Crippen molar-refractivity contribution in [1.29, 1.82) is 0 Å². The van der Waals surface area contributed by atoms with E-state index in [0.29, 0.717) is 11.3 Å². The number of hydrogen-bond donors (Lipinski definition) is 2. The molecule has 0 fully saturated rings. The van der Waals surface area contributed by atoms with Crippen LogP contribution in [0.1, 0.15) is 27.6 Å². The molecule has 0 unspecified atom stereocenters. The monoisotopic (exact) mass is 330 g/mol. The molecule has 7 heteroatoms. The standard InChI is InChI=1S/C17H15FN2O4/c1-10(24-17(23)13-4-2-3-5-14(13)18)16(22)20-12-8-6-11(7-9-12)15(19)21/h2-10H,1H3,(H2,19,21)(H,20,22)/t10-/m1/s1. The lowest BCUT2D eigenvalue weighted by atomic mass is 10.2. The molecule has 0 aliphatic heterocycles. The predicted octanol–water partition coefficient (Wildman–Crippen LogP) is 2.11. The van der Waals surface area contributed by atoms with Gasteiger partial charge in [-0.3, -0.25) is 9.59 Å². The Balaban J connectivity index is 1.98. The molecule has 0 aromatic heterocycles. The molecule has 0 spiro atoms. The summed E-state index contributed by atoms with van der Waals surface area (Å²) < 4.78 is 18.5. The van der Waals surface area contributed by atoms with Crippen molar-refractivity contribution in [3.05, 3.63) is 65.5 Å². The zero-order valence-corrected chi connectivity index (χ0v) is 12.8. The van der Waals surface area contributed by atoms with Crippen LogP contribution in [0, 0.1) is 5.82 Å². The van der Waals surface area contributed by atoms with Crippen LogP contribution in [0.5, 0.6) is 0 Å². The second-order valence-corrected chi connectivity index (χ2v) is 4.96. The summed E-state index contributed by atoms with van der Waals surface area (Å²) >= 11 is 0. The van der Waals surface area contributed by atoms with Gasteiger partial charge in [-0.2, -0.15) is 0 Å². The molecule has 24 heavy (non-hydrogen) atoms. The first-order valence-corrected chi connectivity index (χ1v) is 7.04. The Morgan fingerprint density at radius 3 is 2.29 bits per heavy atom. The molecule has 6 nitrogen and oxygen atoms in total. The molecule has 0 bridgehead atoms. The minimum atomic E-state index is -1.13. The number of carbonyl (C=O) groups is 3. The van der Waals surface area contributed by atoms with Gasteiger partial charge in [0, 0.05) is 11.3 Å². The summed E-state index contributed by atoms with van der Waals surface area (Å²) in [6.45, 7) is 1.37. The average molecular weight is 330 g/mol. The van der Waals surface area contributed by atoms with Crippen molar-refractivity contribution in [1.82, 2.24) is 0 Å². The van der Waals surface area contributed by atoms with E-state index in [1.807, 2.05) is 0 Å². The Hall–Kier alpha value is -3.22. The van der Waals surface area contributed by atoms with E-state index in [9.17, 15) is 18.8 Å². The van der Waals surface area contributed by atoms with Gasteiger partial charge in [0.2, 0.25) is 5.91 Å². The summed E-state index contributed by atoms with van der Waals surface area (Å²) in [5.41, 5.74) is 5.57. The maximum Gasteiger partial charge on any atom is 0.341 e. The number of rotatable bonds is 5. The molecule has 1 atom stereocenters. The first-order chi connectivity index (χ1) is 11.4. The highest BCUT2D eigenvalue weighted by molar-refractivity contribution is 5.98. The molecule has 0 heterocycles. The summed E-state index contributed by atoms with van der Waals surface area (Å²) in [6.07, 6.45) is -1.13. The normalized spacial score (nSPS) is 11.4. The highest BCUT2D eigenvalue weighted by atomic mass is 19.1. The van der Waals surface area contributed by atoms with E-state index in [-0.39, 0.29) is 5.56 Å². The lowest BCUT2D eigenvalue weighted by molar-refractivity contribution is -0.123. The van der Waals surface area contributed by atoms with Crippen LogP contribution in [0.4, 0.5) is 10.1 Å². The fourth-order valence-corrected chi connectivity index (χ4v) is 1.87. The Labute approximate surface area is 137 Å². The van der Waals surface area contributed by atoms with Crippen LogP contribution in [0.3, 0.4) is 0 Å². The van der Waals surface area contributed by atoms with Gasteiger partial charge in [-0.15, -0.1) is 0 Å². The molecule has 0 radical (unpaired) electrons. The first-order valence-electron chi connectivity index (χ1n) is 7.04. The Morgan fingerprint density at radius 1 is 1.08 bits per heavy atom. The number of esters is 1. The van der Waals surface area contributed by atoms with Gasteiger partial charge in [-0.1, -0.05) is 12.1 Å². The molecule has 0 aliphatic rings. The summed E-state index contributed by atoms with van der Waals surface area (Å²) in [6, 6.07) is 11.2.